The summed E-state index contributed by atoms with van der Waals surface area (Å²) in [6.45, 7) is 2.58. The Bertz CT molecular complexity index is 586. The van der Waals surface area contributed by atoms with Gasteiger partial charge < -0.3 is 15.0 Å². The highest BCUT2D eigenvalue weighted by Crippen LogP contribution is 2.26. The number of nitrogens with two attached hydrogens (primary N) is 1. The first-order valence-corrected chi connectivity index (χ1v) is 7.54. The molecular weight excluding hydrogens is 264 g/mol. The first-order chi connectivity index (χ1) is 10.3. The van der Waals surface area contributed by atoms with E-state index in [1.54, 1.807) is 0 Å². The third kappa shape index (κ3) is 3.34. The van der Waals surface area contributed by atoms with Gasteiger partial charge in [-0.15, -0.1) is 0 Å². The number of H-pyrrole nitrogens is 1. The lowest BCUT2D eigenvalue weighted by atomic mass is 9.90. The molecule has 21 heavy (non-hydrogen) atoms. The molecule has 2 aromatic rings. The van der Waals surface area contributed by atoms with E-state index in [4.69, 9.17) is 4.74 Å². The fraction of sp³-hybridized carbons (Fsp3) is 0.353. The van der Waals surface area contributed by atoms with Crippen LogP contribution in [-0.2, 0) is 11.3 Å². The number of ether oxygens (including phenoxy) is 1. The highest BCUT2D eigenvalue weighted by Gasteiger charge is 2.24. The van der Waals surface area contributed by atoms with Gasteiger partial charge in [-0.1, -0.05) is 30.3 Å². The summed E-state index contributed by atoms with van der Waals surface area (Å²) in [4.78, 5) is 15.3. The van der Waals surface area contributed by atoms with Crippen molar-refractivity contribution in [1.29, 1.82) is 0 Å². The summed E-state index contributed by atoms with van der Waals surface area (Å²) < 4.78 is 5.43. The number of aromatic nitrogens is 1. The molecule has 0 spiro atoms. The van der Waals surface area contributed by atoms with Crippen LogP contribution in [0.15, 0.2) is 42.6 Å². The monoisotopic (exact) mass is 285 g/mol. The van der Waals surface area contributed by atoms with Gasteiger partial charge in [0.1, 0.15) is 12.3 Å². The molecule has 0 amide bonds. The van der Waals surface area contributed by atoms with Crippen molar-refractivity contribution in [2.75, 3.05) is 13.1 Å². The van der Waals surface area contributed by atoms with Gasteiger partial charge in [0, 0.05) is 19.0 Å². The van der Waals surface area contributed by atoms with Crippen molar-refractivity contribution in [1.82, 2.24) is 4.98 Å². The summed E-state index contributed by atoms with van der Waals surface area (Å²) in [5.74, 6) is 0.217. The SMILES string of the molecule is O=C(OCc1ccccc1)c1[nH]ccc1C1CC[NH2+]CC1. The summed E-state index contributed by atoms with van der Waals surface area (Å²) >= 11 is 0. The van der Waals surface area contributed by atoms with Crippen LogP contribution in [0.5, 0.6) is 0 Å². The highest BCUT2D eigenvalue weighted by atomic mass is 16.5. The molecule has 1 aliphatic rings. The predicted molar refractivity (Wildman–Crippen MR) is 80.0 cm³/mol. The van der Waals surface area contributed by atoms with E-state index in [0.717, 1.165) is 37.1 Å². The Balaban J connectivity index is 1.66. The standard InChI is InChI=1S/C17H20N2O2/c20-17(21-12-13-4-2-1-3-5-13)16-15(8-11-19-16)14-6-9-18-10-7-14/h1-5,8,11,14,18-19H,6-7,9-10,12H2/p+1. The van der Waals surface area contributed by atoms with E-state index >= 15 is 0 Å². The summed E-state index contributed by atoms with van der Waals surface area (Å²) in [5, 5.41) is 2.33. The number of hydrogen-bond donors (Lipinski definition) is 2. The minimum atomic E-state index is -0.256. The number of quaternary nitrogens is 1. The Kier molecular flexibility index (Phi) is 4.36. The summed E-state index contributed by atoms with van der Waals surface area (Å²) in [6, 6.07) is 11.8. The zero-order chi connectivity index (χ0) is 14.5. The topological polar surface area (TPSA) is 58.7 Å². The van der Waals surface area contributed by atoms with E-state index in [9.17, 15) is 4.79 Å². The second-order valence-corrected chi connectivity index (χ2v) is 5.51. The van der Waals surface area contributed by atoms with E-state index in [2.05, 4.69) is 10.3 Å². The molecule has 1 saturated heterocycles. The molecule has 3 rings (SSSR count). The minimum Gasteiger partial charge on any atom is -0.456 e. The van der Waals surface area contributed by atoms with Crippen molar-refractivity contribution in [3.8, 4) is 0 Å². The predicted octanol–water partition coefficient (Wildman–Crippen LogP) is 1.81. The van der Waals surface area contributed by atoms with Crippen molar-refractivity contribution < 1.29 is 14.8 Å². The van der Waals surface area contributed by atoms with Crippen molar-refractivity contribution >= 4 is 5.97 Å². The number of aromatic amines is 1. The van der Waals surface area contributed by atoms with Crippen molar-refractivity contribution in [3.63, 3.8) is 0 Å². The molecule has 0 unspecified atom stereocenters. The zero-order valence-corrected chi connectivity index (χ0v) is 12.0. The molecule has 0 radical (unpaired) electrons. The van der Waals surface area contributed by atoms with Crippen LogP contribution in [0.1, 0.15) is 40.4 Å². The average molecular weight is 285 g/mol. The maximum absolute atomic E-state index is 12.3. The number of nitrogens with one attached hydrogen (secondary N) is 1. The highest BCUT2D eigenvalue weighted by molar-refractivity contribution is 5.89. The van der Waals surface area contributed by atoms with Gasteiger partial charge in [0.25, 0.3) is 0 Å². The third-order valence-corrected chi connectivity index (χ3v) is 4.07. The molecule has 0 atom stereocenters. The molecule has 0 saturated carbocycles. The molecular formula is C17H21N2O2+. The van der Waals surface area contributed by atoms with Crippen molar-refractivity contribution in [2.45, 2.75) is 25.4 Å². The molecule has 1 aromatic heterocycles. The molecule has 3 N–H and O–H groups in total. The fourth-order valence-corrected chi connectivity index (χ4v) is 2.93. The normalized spacial score (nSPS) is 15.8. The van der Waals surface area contributed by atoms with Crippen LogP contribution in [-0.4, -0.2) is 24.0 Å². The third-order valence-electron chi connectivity index (χ3n) is 4.07. The zero-order valence-electron chi connectivity index (χ0n) is 12.0. The average Bonchev–Trinajstić information content (AvgIpc) is 3.04. The van der Waals surface area contributed by atoms with Crippen LogP contribution in [0.4, 0.5) is 0 Å². The van der Waals surface area contributed by atoms with Gasteiger partial charge in [-0.05, 0) is 23.1 Å². The Morgan fingerprint density at radius 3 is 2.71 bits per heavy atom. The number of carbonyl (C=O) groups excluding carboxylic acids is 1. The Hall–Kier alpha value is -2.07. The maximum atomic E-state index is 12.3. The molecule has 2 heterocycles. The van der Waals surface area contributed by atoms with E-state index in [-0.39, 0.29) is 5.97 Å². The van der Waals surface area contributed by atoms with E-state index in [1.165, 1.54) is 0 Å². The van der Waals surface area contributed by atoms with Gasteiger partial charge >= 0.3 is 5.97 Å². The maximum Gasteiger partial charge on any atom is 0.355 e. The van der Waals surface area contributed by atoms with Crippen LogP contribution in [0.2, 0.25) is 0 Å². The van der Waals surface area contributed by atoms with Crippen molar-refractivity contribution in [2.24, 2.45) is 0 Å². The van der Waals surface area contributed by atoms with E-state index in [0.29, 0.717) is 18.2 Å². The van der Waals surface area contributed by atoms with Crippen LogP contribution in [0.25, 0.3) is 0 Å². The summed E-state index contributed by atoms with van der Waals surface area (Å²) in [6.07, 6.45) is 4.08. The van der Waals surface area contributed by atoms with Gasteiger partial charge in [-0.2, -0.15) is 0 Å². The molecule has 1 aromatic carbocycles. The van der Waals surface area contributed by atoms with Gasteiger partial charge in [0.05, 0.1) is 13.1 Å². The van der Waals surface area contributed by atoms with Crippen LogP contribution >= 0.6 is 0 Å². The van der Waals surface area contributed by atoms with Gasteiger partial charge in [-0.3, -0.25) is 0 Å². The molecule has 0 aliphatic carbocycles. The number of hydrogen-bond acceptors (Lipinski definition) is 2. The summed E-state index contributed by atoms with van der Waals surface area (Å²) in [7, 11) is 0. The quantitative estimate of drug-likeness (QED) is 0.842. The van der Waals surface area contributed by atoms with Gasteiger partial charge in [0.15, 0.2) is 0 Å². The van der Waals surface area contributed by atoms with E-state index < -0.39 is 0 Å². The number of rotatable bonds is 4. The van der Waals surface area contributed by atoms with Crippen LogP contribution in [0, 0.1) is 0 Å². The number of piperidine rings is 1. The number of esters is 1. The fourth-order valence-electron chi connectivity index (χ4n) is 2.93. The molecule has 1 fully saturated rings. The number of carbonyl (C=O) groups is 1. The Morgan fingerprint density at radius 1 is 1.19 bits per heavy atom. The lowest BCUT2D eigenvalue weighted by molar-refractivity contribution is -0.663. The number of benzene rings is 1. The Morgan fingerprint density at radius 2 is 1.95 bits per heavy atom. The molecule has 0 bridgehead atoms. The lowest BCUT2D eigenvalue weighted by Gasteiger charge is -2.20. The smallest absolute Gasteiger partial charge is 0.355 e. The van der Waals surface area contributed by atoms with Crippen molar-refractivity contribution in [3.05, 3.63) is 59.4 Å². The first-order valence-electron chi connectivity index (χ1n) is 7.54. The molecule has 4 nitrogen and oxygen atoms in total. The second-order valence-electron chi connectivity index (χ2n) is 5.51. The van der Waals surface area contributed by atoms with Gasteiger partial charge in [-0.25, -0.2) is 4.79 Å². The van der Waals surface area contributed by atoms with Crippen LogP contribution in [0.3, 0.4) is 0 Å². The molecule has 1 aliphatic heterocycles. The minimum absolute atomic E-state index is 0.256. The lowest BCUT2D eigenvalue weighted by Crippen LogP contribution is -2.86. The molecule has 4 heteroatoms. The Labute approximate surface area is 124 Å². The first kappa shape index (κ1) is 13.9. The van der Waals surface area contributed by atoms with Crippen LogP contribution < -0.4 is 5.32 Å². The largest absolute Gasteiger partial charge is 0.456 e. The van der Waals surface area contributed by atoms with Gasteiger partial charge in [0.2, 0.25) is 0 Å². The van der Waals surface area contributed by atoms with E-state index in [1.807, 2.05) is 42.6 Å². The second kappa shape index (κ2) is 6.59. The molecule has 110 valence electrons. The summed E-state index contributed by atoms with van der Waals surface area (Å²) in [5.41, 5.74) is 2.74.